The van der Waals surface area contributed by atoms with Crippen LogP contribution in [-0.4, -0.2) is 55.8 Å². The Labute approximate surface area is 208 Å². The molecule has 0 fully saturated rings. The molecular formula is C25H22F4N2O6. The molecule has 8 nitrogen and oxygen atoms in total. The average molecular weight is 522 g/mol. The predicted molar refractivity (Wildman–Crippen MR) is 123 cm³/mol. The molecule has 0 atom stereocenters. The third-order valence-electron chi connectivity index (χ3n) is 5.09. The van der Waals surface area contributed by atoms with Crippen LogP contribution in [-0.2, 0) is 6.18 Å². The molecule has 0 aliphatic carbocycles. The molecule has 0 unspecified atom stereocenters. The van der Waals surface area contributed by atoms with Gasteiger partial charge in [0.15, 0.2) is 17.3 Å². The van der Waals surface area contributed by atoms with E-state index in [0.29, 0.717) is 17.9 Å². The van der Waals surface area contributed by atoms with Crippen LogP contribution >= 0.6 is 0 Å². The maximum atomic E-state index is 13.7. The Hall–Kier alpha value is -4.19. The van der Waals surface area contributed by atoms with Gasteiger partial charge in [0, 0.05) is 11.1 Å². The second-order valence-electron chi connectivity index (χ2n) is 7.48. The molecule has 0 saturated heterocycles. The molecule has 1 amide bonds. The predicted octanol–water partition coefficient (Wildman–Crippen LogP) is 3.91. The van der Waals surface area contributed by atoms with Crippen LogP contribution in [0.5, 0.6) is 17.2 Å². The minimum Gasteiger partial charge on any atom is -0.494 e. The highest BCUT2D eigenvalue weighted by Gasteiger charge is 2.34. The smallest absolute Gasteiger partial charge is 0.419 e. The summed E-state index contributed by atoms with van der Waals surface area (Å²) in [5.74, 6) is -2.07. The summed E-state index contributed by atoms with van der Waals surface area (Å²) >= 11 is 0. The summed E-state index contributed by atoms with van der Waals surface area (Å²) in [6, 6.07) is 9.26. The van der Waals surface area contributed by atoms with Crippen molar-refractivity contribution in [1.29, 1.82) is 0 Å². The summed E-state index contributed by atoms with van der Waals surface area (Å²) in [6.45, 7) is -0.651. The first-order valence-electron chi connectivity index (χ1n) is 10.7. The zero-order valence-electron chi connectivity index (χ0n) is 19.7. The normalized spacial score (nSPS) is 11.1. The number of hydrogen-bond acceptors (Lipinski definition) is 7. The summed E-state index contributed by atoms with van der Waals surface area (Å²) < 4.78 is 68.8. The lowest BCUT2D eigenvalue weighted by molar-refractivity contribution is -0.139. The largest absolute Gasteiger partial charge is 0.494 e. The topological polar surface area (TPSA) is 107 Å². The molecule has 1 aromatic heterocycles. The zero-order chi connectivity index (χ0) is 27.2. The van der Waals surface area contributed by atoms with Gasteiger partial charge in [0.05, 0.1) is 32.9 Å². The minimum atomic E-state index is -4.93. The van der Waals surface area contributed by atoms with E-state index in [9.17, 15) is 27.2 Å². The first-order chi connectivity index (χ1) is 17.6. The third-order valence-corrected chi connectivity index (χ3v) is 5.09. The molecule has 0 bridgehead atoms. The van der Waals surface area contributed by atoms with Crippen LogP contribution in [0.4, 0.5) is 17.6 Å². The number of halogens is 4. The van der Waals surface area contributed by atoms with Crippen molar-refractivity contribution in [2.45, 2.75) is 6.18 Å². The van der Waals surface area contributed by atoms with Gasteiger partial charge >= 0.3 is 6.18 Å². The molecule has 0 saturated carbocycles. The lowest BCUT2D eigenvalue weighted by atomic mass is 10.0. The molecule has 0 aliphatic rings. The van der Waals surface area contributed by atoms with Gasteiger partial charge in [-0.2, -0.15) is 13.2 Å². The van der Waals surface area contributed by atoms with E-state index in [-0.39, 0.29) is 47.2 Å². The SMILES string of the molecule is COc1cc(C(=O)NCC(=O)c2ccc(OC)c(-c3ccc(F)c(C(F)(F)F)c3)n2)ccc1OCCO. The van der Waals surface area contributed by atoms with Crippen molar-refractivity contribution in [3.05, 3.63) is 71.2 Å². The number of pyridine rings is 1. The molecule has 37 heavy (non-hydrogen) atoms. The summed E-state index contributed by atoms with van der Waals surface area (Å²) in [5, 5.41) is 11.3. The van der Waals surface area contributed by atoms with Crippen molar-refractivity contribution in [3.8, 4) is 28.5 Å². The number of methoxy groups -OCH3 is 2. The molecular weight excluding hydrogens is 500 g/mol. The molecule has 0 aliphatic heterocycles. The standard InChI is InChI=1S/C25H22F4N2O6/c1-35-21-8-6-18(31-23(21)14-3-5-17(26)16(11-14)25(27,28)29)19(33)13-30-24(34)15-4-7-20(37-10-9-32)22(12-15)36-2/h3-8,11-12,32H,9-10,13H2,1-2H3,(H,30,34). The van der Waals surface area contributed by atoms with Gasteiger partial charge in [-0.15, -0.1) is 0 Å². The number of hydrogen-bond donors (Lipinski definition) is 2. The molecule has 3 rings (SSSR count). The number of aliphatic hydroxyl groups excluding tert-OH is 1. The number of Topliss-reactive ketones (excluding diaryl/α,β-unsaturated/α-hetero) is 1. The highest BCUT2D eigenvalue weighted by molar-refractivity contribution is 6.01. The van der Waals surface area contributed by atoms with Crippen molar-refractivity contribution < 1.29 is 46.5 Å². The number of carbonyl (C=O) groups is 2. The van der Waals surface area contributed by atoms with Crippen molar-refractivity contribution >= 4 is 11.7 Å². The summed E-state index contributed by atoms with van der Waals surface area (Å²) in [6.07, 6.45) is -4.93. The van der Waals surface area contributed by atoms with Crippen LogP contribution in [0, 0.1) is 5.82 Å². The summed E-state index contributed by atoms with van der Waals surface area (Å²) in [7, 11) is 2.64. The molecule has 12 heteroatoms. The number of aromatic nitrogens is 1. The first-order valence-corrected chi connectivity index (χ1v) is 10.7. The summed E-state index contributed by atoms with van der Waals surface area (Å²) in [4.78, 5) is 29.4. The molecule has 0 spiro atoms. The minimum absolute atomic E-state index is 0.0305. The lowest BCUT2D eigenvalue weighted by Gasteiger charge is -2.13. The van der Waals surface area contributed by atoms with Crippen LogP contribution in [0.25, 0.3) is 11.3 Å². The van der Waals surface area contributed by atoms with Gasteiger partial charge in [-0.25, -0.2) is 9.37 Å². The second kappa shape index (κ2) is 11.7. The Morgan fingerprint density at radius 3 is 2.32 bits per heavy atom. The van der Waals surface area contributed by atoms with E-state index in [2.05, 4.69) is 10.3 Å². The van der Waals surface area contributed by atoms with E-state index in [0.717, 1.165) is 6.07 Å². The fourth-order valence-corrected chi connectivity index (χ4v) is 3.30. The van der Waals surface area contributed by atoms with Crippen LogP contribution in [0.2, 0.25) is 0 Å². The van der Waals surface area contributed by atoms with Crippen LogP contribution in [0.1, 0.15) is 26.4 Å². The van der Waals surface area contributed by atoms with E-state index in [1.807, 2.05) is 0 Å². The van der Waals surface area contributed by atoms with E-state index >= 15 is 0 Å². The molecule has 196 valence electrons. The maximum Gasteiger partial charge on any atom is 0.419 e. The molecule has 3 aromatic rings. The number of nitrogens with zero attached hydrogens (tertiary/aromatic N) is 1. The maximum absolute atomic E-state index is 13.7. The summed E-state index contributed by atoms with van der Waals surface area (Å²) in [5.41, 5.74) is -1.69. The van der Waals surface area contributed by atoms with Gasteiger partial charge < -0.3 is 24.6 Å². The number of nitrogens with one attached hydrogen (secondary N) is 1. The van der Waals surface area contributed by atoms with Gasteiger partial charge in [-0.05, 0) is 48.5 Å². The fourth-order valence-electron chi connectivity index (χ4n) is 3.30. The molecule has 1 heterocycles. The Morgan fingerprint density at radius 2 is 1.68 bits per heavy atom. The van der Waals surface area contributed by atoms with Gasteiger partial charge in [-0.3, -0.25) is 9.59 Å². The number of benzene rings is 2. The fraction of sp³-hybridized carbons (Fsp3) is 0.240. The molecule has 2 aromatic carbocycles. The molecule has 0 radical (unpaired) electrons. The van der Waals surface area contributed by atoms with Crippen molar-refractivity contribution in [2.24, 2.45) is 0 Å². The monoisotopic (exact) mass is 522 g/mol. The number of ketones is 1. The number of alkyl halides is 3. The van der Waals surface area contributed by atoms with Gasteiger partial charge in [0.25, 0.3) is 5.91 Å². The Morgan fingerprint density at radius 1 is 0.973 bits per heavy atom. The zero-order valence-corrected chi connectivity index (χ0v) is 19.7. The first kappa shape index (κ1) is 27.4. The quantitative estimate of drug-likeness (QED) is 0.307. The Balaban J connectivity index is 1.80. The van der Waals surface area contributed by atoms with Crippen molar-refractivity contribution in [1.82, 2.24) is 10.3 Å². The van der Waals surface area contributed by atoms with Gasteiger partial charge in [-0.1, -0.05) is 0 Å². The number of amides is 1. The van der Waals surface area contributed by atoms with Crippen molar-refractivity contribution in [2.75, 3.05) is 34.0 Å². The average Bonchev–Trinajstić information content (AvgIpc) is 2.89. The van der Waals surface area contributed by atoms with E-state index in [4.69, 9.17) is 19.3 Å². The van der Waals surface area contributed by atoms with Gasteiger partial charge in [0.2, 0.25) is 0 Å². The van der Waals surface area contributed by atoms with E-state index in [1.54, 1.807) is 0 Å². The number of rotatable bonds is 10. The van der Waals surface area contributed by atoms with E-state index in [1.165, 1.54) is 44.6 Å². The van der Waals surface area contributed by atoms with Crippen LogP contribution < -0.4 is 19.5 Å². The Kier molecular flexibility index (Phi) is 8.66. The van der Waals surface area contributed by atoms with Gasteiger partial charge in [0.1, 0.15) is 29.6 Å². The van der Waals surface area contributed by atoms with Crippen molar-refractivity contribution in [3.63, 3.8) is 0 Å². The molecule has 2 N–H and O–H groups in total. The number of aliphatic hydroxyl groups is 1. The number of ether oxygens (including phenoxy) is 3. The lowest BCUT2D eigenvalue weighted by Crippen LogP contribution is -2.30. The number of carbonyl (C=O) groups excluding carboxylic acids is 2. The highest BCUT2D eigenvalue weighted by atomic mass is 19.4. The third kappa shape index (κ3) is 6.53. The van der Waals surface area contributed by atoms with Crippen LogP contribution in [0.3, 0.4) is 0 Å². The Bertz CT molecular complexity index is 1300. The van der Waals surface area contributed by atoms with Crippen LogP contribution in [0.15, 0.2) is 48.5 Å². The highest BCUT2D eigenvalue weighted by Crippen LogP contribution is 2.36. The second-order valence-corrected chi connectivity index (χ2v) is 7.48. The van der Waals surface area contributed by atoms with E-state index < -0.39 is 35.8 Å².